The van der Waals surface area contributed by atoms with Gasteiger partial charge in [-0.2, -0.15) is 11.8 Å². The topological polar surface area (TPSA) is 32.3 Å². The Morgan fingerprint density at radius 3 is 2.42 bits per heavy atom. The number of nitrogens with one attached hydrogen (secondary N) is 1. The molecule has 0 aromatic heterocycles. The van der Waals surface area contributed by atoms with E-state index >= 15 is 0 Å². The van der Waals surface area contributed by atoms with Gasteiger partial charge in [0.2, 0.25) is 0 Å². The quantitative estimate of drug-likeness (QED) is 0.870. The lowest BCUT2D eigenvalue weighted by molar-refractivity contribution is 0.101. The Balaban J connectivity index is 1.78. The van der Waals surface area contributed by atoms with E-state index in [1.807, 2.05) is 17.8 Å². The van der Waals surface area contributed by atoms with Crippen LogP contribution < -0.4 is 10.2 Å². The van der Waals surface area contributed by atoms with E-state index in [0.717, 1.165) is 42.4 Å². The Kier molecular flexibility index (Phi) is 5.26. The Morgan fingerprint density at radius 2 is 1.79 bits per heavy atom. The van der Waals surface area contributed by atoms with E-state index in [4.69, 9.17) is 11.6 Å². The Labute approximate surface area is 148 Å². The average molecular weight is 369 g/mol. The highest BCUT2D eigenvalue weighted by atomic mass is 35.5. The van der Waals surface area contributed by atoms with Crippen molar-refractivity contribution < 1.29 is 13.6 Å². The molecule has 0 unspecified atom stereocenters. The normalized spacial score (nSPS) is 14.5. The second kappa shape index (κ2) is 7.40. The number of halogens is 3. The van der Waals surface area contributed by atoms with Gasteiger partial charge in [-0.15, -0.1) is 0 Å². The van der Waals surface area contributed by atoms with Crippen LogP contribution in [0.3, 0.4) is 0 Å². The fraction of sp³-hybridized carbons (Fsp3) is 0.235. The summed E-state index contributed by atoms with van der Waals surface area (Å²) in [6.45, 7) is 1.83. The Hall–Kier alpha value is -1.79. The maximum Gasteiger partial charge on any atom is 0.261 e. The number of hydrogen-bond donors (Lipinski definition) is 1. The zero-order chi connectivity index (χ0) is 17.1. The van der Waals surface area contributed by atoms with Crippen molar-refractivity contribution >= 4 is 40.6 Å². The second-order valence-electron chi connectivity index (χ2n) is 5.32. The molecule has 0 saturated carbocycles. The van der Waals surface area contributed by atoms with Crippen LogP contribution in [0.25, 0.3) is 0 Å². The summed E-state index contributed by atoms with van der Waals surface area (Å²) < 4.78 is 27.3. The maximum atomic E-state index is 13.7. The summed E-state index contributed by atoms with van der Waals surface area (Å²) in [5, 5.41) is 2.98. The second-order valence-corrected chi connectivity index (χ2v) is 6.95. The predicted molar refractivity (Wildman–Crippen MR) is 95.3 cm³/mol. The molecule has 1 heterocycles. The summed E-state index contributed by atoms with van der Waals surface area (Å²) in [5.74, 6) is -0.561. The zero-order valence-electron chi connectivity index (χ0n) is 12.7. The van der Waals surface area contributed by atoms with Crippen molar-refractivity contribution in [1.82, 2.24) is 0 Å². The maximum absolute atomic E-state index is 13.7. The molecule has 0 radical (unpaired) electrons. The molecule has 1 aliphatic rings. The molecule has 0 bridgehead atoms. The number of nitrogens with zero attached hydrogens (tertiary/aromatic N) is 1. The highest BCUT2D eigenvalue weighted by Gasteiger charge is 2.18. The van der Waals surface area contributed by atoms with Crippen molar-refractivity contribution in [3.8, 4) is 0 Å². The van der Waals surface area contributed by atoms with Gasteiger partial charge in [0, 0.05) is 30.3 Å². The van der Waals surface area contributed by atoms with Gasteiger partial charge in [-0.05, 0) is 30.3 Å². The number of thioether (sulfide) groups is 1. The van der Waals surface area contributed by atoms with Crippen molar-refractivity contribution in [2.45, 2.75) is 0 Å². The molecule has 0 spiro atoms. The minimum atomic E-state index is -0.902. The van der Waals surface area contributed by atoms with Crippen LogP contribution in [0.4, 0.5) is 20.2 Å². The summed E-state index contributed by atoms with van der Waals surface area (Å²) in [5.41, 5.74) is 0.681. The molecule has 3 rings (SSSR count). The molecule has 3 nitrogen and oxygen atoms in total. The molecule has 1 amide bonds. The van der Waals surface area contributed by atoms with Crippen LogP contribution in [0.15, 0.2) is 36.4 Å². The Morgan fingerprint density at radius 1 is 1.12 bits per heavy atom. The first-order valence-electron chi connectivity index (χ1n) is 7.44. The number of amides is 1. The third kappa shape index (κ3) is 3.65. The lowest BCUT2D eigenvalue weighted by Crippen LogP contribution is -2.32. The SMILES string of the molecule is O=C(Nc1ccc(N2CCSCC2)c(Cl)c1)c1c(F)cccc1F. The average Bonchev–Trinajstić information content (AvgIpc) is 2.55. The number of carbonyl (C=O) groups is 1. The number of carbonyl (C=O) groups excluding carboxylic acids is 1. The van der Waals surface area contributed by atoms with E-state index < -0.39 is 23.1 Å². The summed E-state index contributed by atoms with van der Waals surface area (Å²) in [6.07, 6.45) is 0. The van der Waals surface area contributed by atoms with Gasteiger partial charge in [0.05, 0.1) is 10.7 Å². The van der Waals surface area contributed by atoms with Gasteiger partial charge in [0.25, 0.3) is 5.91 Å². The third-order valence-electron chi connectivity index (χ3n) is 3.75. The van der Waals surface area contributed by atoms with Gasteiger partial charge < -0.3 is 10.2 Å². The first kappa shape index (κ1) is 17.0. The van der Waals surface area contributed by atoms with Crippen molar-refractivity contribution in [3.05, 3.63) is 58.6 Å². The summed E-state index contributed by atoms with van der Waals surface area (Å²) >= 11 is 8.21. The molecule has 24 heavy (non-hydrogen) atoms. The molecule has 0 aliphatic carbocycles. The fourth-order valence-corrected chi connectivity index (χ4v) is 3.76. The fourth-order valence-electron chi connectivity index (χ4n) is 2.55. The largest absolute Gasteiger partial charge is 0.369 e. The molecule has 126 valence electrons. The van der Waals surface area contributed by atoms with E-state index in [2.05, 4.69) is 10.2 Å². The number of hydrogen-bond acceptors (Lipinski definition) is 3. The van der Waals surface area contributed by atoms with Crippen LogP contribution in [0.5, 0.6) is 0 Å². The monoisotopic (exact) mass is 368 g/mol. The van der Waals surface area contributed by atoms with Crippen molar-refractivity contribution in [2.75, 3.05) is 34.8 Å². The van der Waals surface area contributed by atoms with E-state index in [1.165, 1.54) is 6.07 Å². The molecule has 1 aliphatic heterocycles. The Bertz CT molecular complexity index is 746. The predicted octanol–water partition coefficient (Wildman–Crippen LogP) is 4.42. The van der Waals surface area contributed by atoms with Gasteiger partial charge in [-0.25, -0.2) is 8.78 Å². The third-order valence-corrected chi connectivity index (χ3v) is 4.99. The summed E-state index contributed by atoms with van der Waals surface area (Å²) in [6, 6.07) is 8.38. The van der Waals surface area contributed by atoms with E-state index in [1.54, 1.807) is 12.1 Å². The van der Waals surface area contributed by atoms with Crippen LogP contribution in [0.2, 0.25) is 5.02 Å². The molecule has 7 heteroatoms. The van der Waals surface area contributed by atoms with Gasteiger partial charge in [-0.1, -0.05) is 17.7 Å². The van der Waals surface area contributed by atoms with E-state index in [9.17, 15) is 13.6 Å². The first-order chi connectivity index (χ1) is 11.6. The van der Waals surface area contributed by atoms with Crippen molar-refractivity contribution in [1.29, 1.82) is 0 Å². The van der Waals surface area contributed by atoms with E-state index in [0.29, 0.717) is 10.7 Å². The van der Waals surface area contributed by atoms with Crippen molar-refractivity contribution in [2.24, 2.45) is 0 Å². The molecule has 2 aromatic carbocycles. The number of anilines is 2. The number of benzene rings is 2. The zero-order valence-corrected chi connectivity index (χ0v) is 14.3. The molecule has 0 atom stereocenters. The number of rotatable bonds is 3. The molecular formula is C17H15ClF2N2OS. The van der Waals surface area contributed by atoms with Gasteiger partial charge in [0.15, 0.2) is 0 Å². The molecular weight excluding hydrogens is 354 g/mol. The summed E-state index contributed by atoms with van der Waals surface area (Å²) in [7, 11) is 0. The minimum Gasteiger partial charge on any atom is -0.369 e. The highest BCUT2D eigenvalue weighted by Crippen LogP contribution is 2.30. The molecule has 1 saturated heterocycles. The highest BCUT2D eigenvalue weighted by molar-refractivity contribution is 7.99. The van der Waals surface area contributed by atoms with E-state index in [-0.39, 0.29) is 0 Å². The lowest BCUT2D eigenvalue weighted by Gasteiger charge is -2.29. The van der Waals surface area contributed by atoms with Crippen LogP contribution >= 0.6 is 23.4 Å². The minimum absolute atomic E-state index is 0.391. The van der Waals surface area contributed by atoms with Gasteiger partial charge >= 0.3 is 0 Å². The van der Waals surface area contributed by atoms with Gasteiger partial charge in [0.1, 0.15) is 17.2 Å². The first-order valence-corrected chi connectivity index (χ1v) is 8.97. The summed E-state index contributed by atoms with van der Waals surface area (Å²) in [4.78, 5) is 14.3. The van der Waals surface area contributed by atoms with Crippen molar-refractivity contribution in [3.63, 3.8) is 0 Å². The van der Waals surface area contributed by atoms with Crippen LogP contribution in [-0.2, 0) is 0 Å². The molecule has 1 N–H and O–H groups in total. The standard InChI is InChI=1S/C17H15ClF2N2OS/c18-12-10-11(4-5-15(12)22-6-8-24-9-7-22)21-17(23)16-13(19)2-1-3-14(16)20/h1-5,10H,6-9H2,(H,21,23). The van der Waals surface area contributed by atoms with Gasteiger partial charge in [-0.3, -0.25) is 4.79 Å². The smallest absolute Gasteiger partial charge is 0.261 e. The lowest BCUT2D eigenvalue weighted by atomic mass is 10.1. The molecule has 1 fully saturated rings. The van der Waals surface area contributed by atoms with Crippen LogP contribution in [0, 0.1) is 11.6 Å². The van der Waals surface area contributed by atoms with Crippen LogP contribution in [-0.4, -0.2) is 30.5 Å². The van der Waals surface area contributed by atoms with Crippen LogP contribution in [0.1, 0.15) is 10.4 Å². The molecule has 2 aromatic rings.